The Bertz CT molecular complexity index is 697. The van der Waals surface area contributed by atoms with E-state index in [-0.39, 0.29) is 4.90 Å². The molecule has 6 heteroatoms. The highest BCUT2D eigenvalue weighted by Gasteiger charge is 2.15. The zero-order chi connectivity index (χ0) is 14.0. The number of nitrogens with two attached hydrogens (primary N) is 1. The first-order chi connectivity index (χ1) is 8.88. The molecule has 0 bridgehead atoms. The maximum atomic E-state index is 12.2. The van der Waals surface area contributed by atoms with E-state index in [0.717, 1.165) is 10.0 Å². The van der Waals surface area contributed by atoms with Crippen molar-refractivity contribution in [3.63, 3.8) is 0 Å². The fourth-order valence-corrected chi connectivity index (χ4v) is 2.92. The van der Waals surface area contributed by atoms with Gasteiger partial charge in [-0.05, 0) is 48.9 Å². The van der Waals surface area contributed by atoms with Crippen LogP contribution in [0.4, 0.5) is 11.4 Å². The van der Waals surface area contributed by atoms with Gasteiger partial charge >= 0.3 is 0 Å². The second-order valence-electron chi connectivity index (χ2n) is 4.15. The highest BCUT2D eigenvalue weighted by Crippen LogP contribution is 2.24. The third-order valence-corrected chi connectivity index (χ3v) is 4.49. The maximum Gasteiger partial charge on any atom is 0.261 e. The van der Waals surface area contributed by atoms with Crippen molar-refractivity contribution in [2.24, 2.45) is 0 Å². The van der Waals surface area contributed by atoms with Gasteiger partial charge in [0.25, 0.3) is 10.0 Å². The third-order valence-electron chi connectivity index (χ3n) is 2.58. The Balaban J connectivity index is 2.36. The Hall–Kier alpha value is -1.53. The summed E-state index contributed by atoms with van der Waals surface area (Å²) in [7, 11) is -3.62. The van der Waals surface area contributed by atoms with Crippen LogP contribution in [0.3, 0.4) is 0 Å². The molecule has 0 saturated carbocycles. The summed E-state index contributed by atoms with van der Waals surface area (Å²) in [5.41, 5.74) is 7.48. The van der Waals surface area contributed by atoms with E-state index < -0.39 is 10.0 Å². The number of hydrogen-bond donors (Lipinski definition) is 2. The Morgan fingerprint density at radius 1 is 1.11 bits per heavy atom. The van der Waals surface area contributed by atoms with Crippen LogP contribution in [-0.2, 0) is 10.0 Å². The van der Waals surface area contributed by atoms with Crippen LogP contribution in [0, 0.1) is 6.92 Å². The lowest BCUT2D eigenvalue weighted by molar-refractivity contribution is 0.601. The lowest BCUT2D eigenvalue weighted by atomic mass is 10.2. The van der Waals surface area contributed by atoms with E-state index in [1.807, 2.05) is 13.0 Å². The minimum absolute atomic E-state index is 0.191. The third kappa shape index (κ3) is 3.27. The molecule has 2 aromatic rings. The number of nitrogens with one attached hydrogen (secondary N) is 1. The summed E-state index contributed by atoms with van der Waals surface area (Å²) in [6.07, 6.45) is 0. The summed E-state index contributed by atoms with van der Waals surface area (Å²) in [6.45, 7) is 1.87. The highest BCUT2D eigenvalue weighted by atomic mass is 79.9. The standard InChI is InChI=1S/C13H13BrN2O2S/c1-9-2-7-12(15)13(8-9)16-19(17,18)11-5-3-10(14)4-6-11/h2-8,16H,15H2,1H3. The van der Waals surface area contributed by atoms with Gasteiger partial charge in [-0.25, -0.2) is 8.42 Å². The lowest BCUT2D eigenvalue weighted by Gasteiger charge is -2.11. The van der Waals surface area contributed by atoms with Gasteiger partial charge in [-0.15, -0.1) is 0 Å². The van der Waals surface area contributed by atoms with Crippen molar-refractivity contribution in [1.82, 2.24) is 0 Å². The number of nitrogen functional groups attached to an aromatic ring is 1. The van der Waals surface area contributed by atoms with Crippen LogP contribution in [0.1, 0.15) is 5.56 Å². The van der Waals surface area contributed by atoms with Gasteiger partial charge in [0.2, 0.25) is 0 Å². The van der Waals surface area contributed by atoms with Crippen molar-refractivity contribution in [2.45, 2.75) is 11.8 Å². The van der Waals surface area contributed by atoms with Gasteiger partial charge in [-0.1, -0.05) is 22.0 Å². The molecule has 3 N–H and O–H groups in total. The molecule has 0 amide bonds. The number of halogens is 1. The molecule has 0 saturated heterocycles. The average Bonchev–Trinajstić information content (AvgIpc) is 2.34. The number of anilines is 2. The SMILES string of the molecule is Cc1ccc(N)c(NS(=O)(=O)c2ccc(Br)cc2)c1. The van der Waals surface area contributed by atoms with E-state index in [0.29, 0.717) is 11.4 Å². The lowest BCUT2D eigenvalue weighted by Crippen LogP contribution is -2.14. The summed E-state index contributed by atoms with van der Waals surface area (Å²) in [6, 6.07) is 11.6. The van der Waals surface area contributed by atoms with Gasteiger partial charge in [-0.2, -0.15) is 0 Å². The van der Waals surface area contributed by atoms with Crippen molar-refractivity contribution < 1.29 is 8.42 Å². The first-order valence-corrected chi connectivity index (χ1v) is 7.80. The van der Waals surface area contributed by atoms with Crippen LogP contribution in [-0.4, -0.2) is 8.42 Å². The van der Waals surface area contributed by atoms with Gasteiger partial charge in [0.1, 0.15) is 0 Å². The smallest absolute Gasteiger partial charge is 0.261 e. The predicted octanol–water partition coefficient (Wildman–Crippen LogP) is 3.14. The fourth-order valence-electron chi connectivity index (χ4n) is 1.58. The second kappa shape index (κ2) is 5.22. The van der Waals surface area contributed by atoms with Crippen molar-refractivity contribution in [2.75, 3.05) is 10.5 Å². The van der Waals surface area contributed by atoms with E-state index >= 15 is 0 Å². The van der Waals surface area contributed by atoms with E-state index in [4.69, 9.17) is 5.73 Å². The first kappa shape index (κ1) is 13.9. The molecule has 2 rings (SSSR count). The molecule has 0 atom stereocenters. The Morgan fingerprint density at radius 2 is 1.74 bits per heavy atom. The maximum absolute atomic E-state index is 12.2. The van der Waals surface area contributed by atoms with Gasteiger partial charge in [-0.3, -0.25) is 4.72 Å². The molecule has 0 aromatic heterocycles. The first-order valence-electron chi connectivity index (χ1n) is 5.53. The van der Waals surface area contributed by atoms with Crippen LogP contribution in [0.5, 0.6) is 0 Å². The number of benzene rings is 2. The summed E-state index contributed by atoms with van der Waals surface area (Å²) in [5.74, 6) is 0. The van der Waals surface area contributed by atoms with Gasteiger partial charge in [0.15, 0.2) is 0 Å². The van der Waals surface area contributed by atoms with Crippen LogP contribution in [0.25, 0.3) is 0 Å². The molecule has 0 aliphatic rings. The summed E-state index contributed by atoms with van der Waals surface area (Å²) in [4.78, 5) is 0.191. The zero-order valence-corrected chi connectivity index (χ0v) is 12.6. The molecule has 0 aliphatic heterocycles. The quantitative estimate of drug-likeness (QED) is 0.843. The molecule has 0 radical (unpaired) electrons. The van der Waals surface area contributed by atoms with Gasteiger partial charge < -0.3 is 5.73 Å². The molecule has 2 aromatic carbocycles. The topological polar surface area (TPSA) is 72.2 Å². The van der Waals surface area contributed by atoms with Gasteiger partial charge in [0, 0.05) is 4.47 Å². The molecule has 4 nitrogen and oxygen atoms in total. The van der Waals surface area contributed by atoms with Crippen LogP contribution >= 0.6 is 15.9 Å². The Morgan fingerprint density at radius 3 is 2.37 bits per heavy atom. The predicted molar refractivity (Wildman–Crippen MR) is 80.5 cm³/mol. The molecular weight excluding hydrogens is 328 g/mol. The summed E-state index contributed by atoms with van der Waals surface area (Å²) in [5, 5.41) is 0. The van der Waals surface area contributed by atoms with Crippen LogP contribution in [0.15, 0.2) is 51.8 Å². The number of aryl methyl sites for hydroxylation is 1. The average molecular weight is 341 g/mol. The summed E-state index contributed by atoms with van der Waals surface area (Å²) >= 11 is 3.26. The second-order valence-corrected chi connectivity index (χ2v) is 6.75. The molecule has 19 heavy (non-hydrogen) atoms. The molecule has 0 fully saturated rings. The molecule has 100 valence electrons. The number of sulfonamides is 1. The largest absolute Gasteiger partial charge is 0.397 e. The molecular formula is C13H13BrN2O2S. The molecule has 0 heterocycles. The molecule has 0 aliphatic carbocycles. The molecule has 0 spiro atoms. The van der Waals surface area contributed by atoms with Crippen molar-refractivity contribution in [3.05, 3.63) is 52.5 Å². The minimum atomic E-state index is -3.62. The highest BCUT2D eigenvalue weighted by molar-refractivity contribution is 9.10. The minimum Gasteiger partial charge on any atom is -0.397 e. The molecule has 0 unspecified atom stereocenters. The Labute approximate surface area is 120 Å². The van der Waals surface area contributed by atoms with Crippen molar-refractivity contribution >= 4 is 37.3 Å². The monoisotopic (exact) mass is 340 g/mol. The Kier molecular flexibility index (Phi) is 3.82. The normalized spacial score (nSPS) is 11.3. The van der Waals surface area contributed by atoms with E-state index in [2.05, 4.69) is 20.7 Å². The van der Waals surface area contributed by atoms with Crippen molar-refractivity contribution in [1.29, 1.82) is 0 Å². The van der Waals surface area contributed by atoms with E-state index in [1.54, 1.807) is 24.3 Å². The van der Waals surface area contributed by atoms with Crippen LogP contribution < -0.4 is 10.5 Å². The fraction of sp³-hybridized carbons (Fsp3) is 0.0769. The van der Waals surface area contributed by atoms with Gasteiger partial charge in [0.05, 0.1) is 16.3 Å². The number of rotatable bonds is 3. The number of hydrogen-bond acceptors (Lipinski definition) is 3. The van der Waals surface area contributed by atoms with E-state index in [1.165, 1.54) is 12.1 Å². The zero-order valence-electron chi connectivity index (χ0n) is 10.2. The van der Waals surface area contributed by atoms with Crippen LogP contribution in [0.2, 0.25) is 0 Å². The van der Waals surface area contributed by atoms with E-state index in [9.17, 15) is 8.42 Å². The summed E-state index contributed by atoms with van der Waals surface area (Å²) < 4.78 is 27.7. The van der Waals surface area contributed by atoms with Crippen molar-refractivity contribution in [3.8, 4) is 0 Å².